The van der Waals surface area contributed by atoms with Crippen LogP contribution in [-0.2, 0) is 26.0 Å². The van der Waals surface area contributed by atoms with Gasteiger partial charge in [-0.2, -0.15) is 0 Å². The summed E-state index contributed by atoms with van der Waals surface area (Å²) in [5.41, 5.74) is -0.231. The van der Waals surface area contributed by atoms with Crippen LogP contribution >= 0.6 is 0 Å². The van der Waals surface area contributed by atoms with Crippen molar-refractivity contribution in [3.05, 3.63) is 47.8 Å². The van der Waals surface area contributed by atoms with Gasteiger partial charge >= 0.3 is 11.9 Å². The Bertz CT molecular complexity index is 1180. The first-order valence-electron chi connectivity index (χ1n) is 12.3. The van der Waals surface area contributed by atoms with Crippen molar-refractivity contribution >= 4 is 27.9 Å². The average Bonchev–Trinajstić information content (AvgIpc) is 2.75. The molecule has 0 atom stereocenters. The van der Waals surface area contributed by atoms with Crippen molar-refractivity contribution in [3.63, 3.8) is 0 Å². The number of nitrogens with one attached hydrogen (secondary N) is 1. The molecule has 0 fully saturated rings. The van der Waals surface area contributed by atoms with E-state index in [1.54, 1.807) is 12.1 Å². The lowest BCUT2D eigenvalue weighted by molar-refractivity contribution is -0.167. The molecule has 10 heteroatoms. The highest BCUT2D eigenvalue weighted by Crippen LogP contribution is 2.39. The summed E-state index contributed by atoms with van der Waals surface area (Å²) in [6.45, 7) is 13.8. The number of ether oxygens (including phenoxy) is 1. The summed E-state index contributed by atoms with van der Waals surface area (Å²) in [5, 5.41) is 8.89. The molecule has 0 aliphatic rings. The number of unbranched alkanes of at least 4 members (excludes halogenated alkanes) is 1. The van der Waals surface area contributed by atoms with E-state index in [0.717, 1.165) is 50.1 Å². The zero-order valence-electron chi connectivity index (χ0n) is 22.8. The normalized spacial score (nSPS) is 12.7. The molecule has 0 radical (unpaired) electrons. The second-order valence-electron chi connectivity index (χ2n) is 11.8. The second kappa shape index (κ2) is 11.6. The van der Waals surface area contributed by atoms with Gasteiger partial charge in [0, 0.05) is 12.4 Å². The molecule has 0 aliphatic heterocycles. The molecule has 0 amide bonds. The fourth-order valence-corrected chi connectivity index (χ4v) is 5.17. The highest BCUT2D eigenvalue weighted by atomic mass is 32.2. The molecule has 204 valence electrons. The minimum atomic E-state index is -3.90. The van der Waals surface area contributed by atoms with Gasteiger partial charge < -0.3 is 9.84 Å². The zero-order valence-corrected chi connectivity index (χ0v) is 23.6. The van der Waals surface area contributed by atoms with Gasteiger partial charge in [-0.25, -0.2) is 27.9 Å². The van der Waals surface area contributed by atoms with Gasteiger partial charge in [0.15, 0.2) is 0 Å². The van der Waals surface area contributed by atoms with Crippen LogP contribution in [-0.4, -0.2) is 41.0 Å². The van der Waals surface area contributed by atoms with E-state index in [1.807, 2.05) is 34.6 Å². The Morgan fingerprint density at radius 1 is 0.946 bits per heavy atom. The molecule has 2 N–H and O–H groups in total. The topological polar surface area (TPSA) is 136 Å². The van der Waals surface area contributed by atoms with Crippen LogP contribution in [0.3, 0.4) is 0 Å². The Balaban J connectivity index is 1.87. The molecule has 1 heterocycles. The Morgan fingerprint density at radius 2 is 1.51 bits per heavy atom. The molecule has 0 unspecified atom stereocenters. The number of hydrogen-bond donors (Lipinski definition) is 2. The number of esters is 1. The van der Waals surface area contributed by atoms with Crippen molar-refractivity contribution in [1.82, 2.24) is 9.97 Å². The maximum atomic E-state index is 12.6. The summed E-state index contributed by atoms with van der Waals surface area (Å²) < 4.78 is 33.1. The van der Waals surface area contributed by atoms with E-state index in [1.165, 1.54) is 12.1 Å². The van der Waals surface area contributed by atoms with Crippen molar-refractivity contribution < 1.29 is 27.9 Å². The number of hydrogen-bond acceptors (Lipinski definition) is 7. The van der Waals surface area contributed by atoms with Crippen molar-refractivity contribution in [2.45, 2.75) is 91.1 Å². The number of aromatic nitrogens is 2. The number of carbonyl (C=O) groups excluding carboxylic acids is 1. The van der Waals surface area contributed by atoms with Crippen LogP contribution in [0.25, 0.3) is 0 Å². The average molecular weight is 534 g/mol. The highest BCUT2D eigenvalue weighted by molar-refractivity contribution is 7.92. The first-order chi connectivity index (χ1) is 16.9. The molecule has 0 bridgehead atoms. The van der Waals surface area contributed by atoms with Crippen LogP contribution in [0.1, 0.15) is 90.1 Å². The van der Waals surface area contributed by atoms with E-state index in [4.69, 9.17) is 9.84 Å². The van der Waals surface area contributed by atoms with Gasteiger partial charge in [0.1, 0.15) is 5.60 Å². The van der Waals surface area contributed by atoms with Gasteiger partial charge in [-0.3, -0.25) is 4.79 Å². The smallest absolute Gasteiger partial charge is 0.338 e. The molecule has 2 rings (SSSR count). The number of carboxylic acid groups (broad SMARTS) is 1. The zero-order chi connectivity index (χ0) is 28.1. The predicted octanol–water partition coefficient (Wildman–Crippen LogP) is 5.47. The standard InChI is InChI=1S/C27H39N3O6S/c1-25(2,3)36-23(33)27(6,7)18-26(4,5)15-9-8-10-19-11-13-21(14-12-19)37(34,35)30-24-28-16-20(17-29-24)22(31)32/h11-14,16-17H,8-10,15,18H2,1-7H3,(H,31,32)(H,28,29,30). The Morgan fingerprint density at radius 3 is 2.03 bits per heavy atom. The molecular formula is C27H39N3O6S. The highest BCUT2D eigenvalue weighted by Gasteiger charge is 2.37. The molecule has 2 aromatic rings. The van der Waals surface area contributed by atoms with Gasteiger partial charge in [-0.1, -0.05) is 32.4 Å². The lowest BCUT2D eigenvalue weighted by Gasteiger charge is -2.35. The van der Waals surface area contributed by atoms with Crippen LogP contribution in [0, 0.1) is 10.8 Å². The molecular weight excluding hydrogens is 494 g/mol. The summed E-state index contributed by atoms with van der Waals surface area (Å²) in [6, 6.07) is 6.60. The van der Waals surface area contributed by atoms with Crippen molar-refractivity contribution in [1.29, 1.82) is 0 Å². The van der Waals surface area contributed by atoms with Gasteiger partial charge in [0.2, 0.25) is 5.95 Å². The molecule has 0 saturated carbocycles. The molecule has 1 aromatic heterocycles. The lowest BCUT2D eigenvalue weighted by Crippen LogP contribution is -2.36. The van der Waals surface area contributed by atoms with Gasteiger partial charge in [0.25, 0.3) is 10.0 Å². The second-order valence-corrected chi connectivity index (χ2v) is 13.5. The van der Waals surface area contributed by atoms with Crippen molar-refractivity contribution in [2.75, 3.05) is 4.72 Å². The molecule has 1 aromatic carbocycles. The molecule has 0 spiro atoms. The van der Waals surface area contributed by atoms with E-state index < -0.39 is 27.0 Å². The number of nitrogens with zero attached hydrogens (tertiary/aromatic N) is 2. The number of anilines is 1. The van der Waals surface area contributed by atoms with Gasteiger partial charge in [0.05, 0.1) is 15.9 Å². The van der Waals surface area contributed by atoms with Crippen molar-refractivity contribution in [2.24, 2.45) is 10.8 Å². The third-order valence-corrected chi connectivity index (χ3v) is 7.14. The van der Waals surface area contributed by atoms with Crippen LogP contribution < -0.4 is 4.72 Å². The first kappa shape index (κ1) is 30.2. The van der Waals surface area contributed by atoms with Gasteiger partial charge in [-0.15, -0.1) is 0 Å². The third kappa shape index (κ3) is 9.76. The number of benzene rings is 1. The van der Waals surface area contributed by atoms with Crippen LogP contribution in [0.5, 0.6) is 0 Å². The first-order valence-corrected chi connectivity index (χ1v) is 13.8. The number of aromatic carboxylic acids is 1. The molecule has 0 saturated heterocycles. The minimum Gasteiger partial charge on any atom is -0.478 e. The fraction of sp³-hybridized carbons (Fsp3) is 0.556. The lowest BCUT2D eigenvalue weighted by atomic mass is 9.72. The summed E-state index contributed by atoms with van der Waals surface area (Å²) in [7, 11) is -3.90. The Hall–Kier alpha value is -3.01. The summed E-state index contributed by atoms with van der Waals surface area (Å²) in [5.74, 6) is -1.58. The molecule has 0 aliphatic carbocycles. The monoisotopic (exact) mass is 533 g/mol. The maximum Gasteiger partial charge on any atom is 0.338 e. The number of rotatable bonds is 12. The van der Waals surface area contributed by atoms with Gasteiger partial charge in [-0.05, 0) is 83.4 Å². The number of carbonyl (C=O) groups is 2. The summed E-state index contributed by atoms with van der Waals surface area (Å²) >= 11 is 0. The quantitative estimate of drug-likeness (QED) is 0.271. The number of aryl methyl sites for hydroxylation is 1. The fourth-order valence-electron chi connectivity index (χ4n) is 4.21. The van der Waals surface area contributed by atoms with E-state index in [0.29, 0.717) is 0 Å². The summed E-state index contributed by atoms with van der Waals surface area (Å²) in [4.78, 5) is 31.0. The van der Waals surface area contributed by atoms with Crippen LogP contribution in [0.4, 0.5) is 5.95 Å². The number of sulfonamides is 1. The van der Waals surface area contributed by atoms with E-state index in [9.17, 15) is 18.0 Å². The minimum absolute atomic E-state index is 0.0330. The maximum absolute atomic E-state index is 12.6. The number of carboxylic acids is 1. The largest absolute Gasteiger partial charge is 0.478 e. The van der Waals surface area contributed by atoms with E-state index in [-0.39, 0.29) is 27.8 Å². The molecule has 9 nitrogen and oxygen atoms in total. The summed E-state index contributed by atoms with van der Waals surface area (Å²) in [6.07, 6.45) is 6.46. The van der Waals surface area contributed by atoms with Crippen LogP contribution in [0.2, 0.25) is 0 Å². The molecule has 37 heavy (non-hydrogen) atoms. The predicted molar refractivity (Wildman–Crippen MR) is 142 cm³/mol. The SMILES string of the molecule is CC(C)(CCCCc1ccc(S(=O)(=O)Nc2ncc(C(=O)O)cn2)cc1)CC(C)(C)C(=O)OC(C)(C)C. The van der Waals surface area contributed by atoms with Crippen molar-refractivity contribution in [3.8, 4) is 0 Å². The third-order valence-electron chi connectivity index (χ3n) is 5.80. The Kier molecular flexibility index (Phi) is 9.46. The Labute approximate surface area is 220 Å². The van der Waals surface area contributed by atoms with E-state index in [2.05, 4.69) is 28.5 Å². The van der Waals surface area contributed by atoms with Crippen LogP contribution in [0.15, 0.2) is 41.6 Å². The van der Waals surface area contributed by atoms with E-state index >= 15 is 0 Å².